The normalized spacial score (nSPS) is 9.92. The van der Waals surface area contributed by atoms with Gasteiger partial charge in [-0.1, -0.05) is 0 Å². The minimum Gasteiger partial charge on any atom is -0.382 e. The van der Waals surface area contributed by atoms with E-state index in [4.69, 9.17) is 12.3 Å². The molecule has 58 valence electrons. The lowest BCUT2D eigenvalue weighted by Crippen LogP contribution is -1.96. The van der Waals surface area contributed by atoms with Crippen LogP contribution in [0.25, 0.3) is 10.4 Å². The van der Waals surface area contributed by atoms with Gasteiger partial charge in [-0.2, -0.15) is 5.10 Å². The molecule has 12 heavy (non-hydrogen) atoms. The Morgan fingerprint density at radius 1 is 1.58 bits per heavy atom. The fourth-order valence-electron chi connectivity index (χ4n) is 0.996. The summed E-state index contributed by atoms with van der Waals surface area (Å²) in [5, 5.41) is 3.89. The molecule has 2 N–H and O–H groups in total. The standard InChI is InChI=1S/C7H5N5/c1-9-5-2-6-7(8)10-4-11-12(6)3-5/h2-4H,(H2,8,10,11). The average molecular weight is 159 g/mol. The summed E-state index contributed by atoms with van der Waals surface area (Å²) in [6.07, 6.45) is 2.97. The van der Waals surface area contributed by atoms with Gasteiger partial charge in [0.15, 0.2) is 0 Å². The lowest BCUT2D eigenvalue weighted by Gasteiger charge is -1.93. The highest BCUT2D eigenvalue weighted by Crippen LogP contribution is 2.18. The summed E-state index contributed by atoms with van der Waals surface area (Å²) in [6.45, 7) is 6.77. The third-order valence-electron chi connectivity index (χ3n) is 1.55. The van der Waals surface area contributed by atoms with Gasteiger partial charge in [-0.25, -0.2) is 14.3 Å². The first-order chi connectivity index (χ1) is 5.81. The molecule has 0 aliphatic rings. The van der Waals surface area contributed by atoms with Gasteiger partial charge < -0.3 is 5.73 Å². The van der Waals surface area contributed by atoms with Crippen molar-refractivity contribution in [2.24, 2.45) is 0 Å². The number of hydrogen-bond donors (Lipinski definition) is 1. The summed E-state index contributed by atoms with van der Waals surface area (Å²) in [6, 6.07) is 1.66. The van der Waals surface area contributed by atoms with Gasteiger partial charge in [0.1, 0.15) is 12.1 Å². The molecule has 0 aliphatic heterocycles. The van der Waals surface area contributed by atoms with Crippen molar-refractivity contribution in [2.45, 2.75) is 0 Å². The number of rotatable bonds is 0. The molecule has 0 aliphatic carbocycles. The van der Waals surface area contributed by atoms with E-state index in [1.807, 2.05) is 0 Å². The molecule has 0 amide bonds. The highest BCUT2D eigenvalue weighted by Gasteiger charge is 2.02. The highest BCUT2D eigenvalue weighted by molar-refractivity contribution is 5.71. The molecule has 5 heteroatoms. The average Bonchev–Trinajstić information content (AvgIpc) is 2.49. The zero-order valence-corrected chi connectivity index (χ0v) is 6.10. The lowest BCUT2D eigenvalue weighted by molar-refractivity contribution is 0.909. The van der Waals surface area contributed by atoms with Crippen LogP contribution >= 0.6 is 0 Å². The minimum atomic E-state index is 0.389. The second kappa shape index (κ2) is 2.20. The molecule has 0 fully saturated rings. The smallest absolute Gasteiger partial charge is 0.207 e. The Labute approximate surface area is 68.3 Å². The lowest BCUT2D eigenvalue weighted by atomic mass is 10.5. The van der Waals surface area contributed by atoms with E-state index in [0.29, 0.717) is 17.0 Å². The van der Waals surface area contributed by atoms with Crippen LogP contribution in [0, 0.1) is 6.57 Å². The molecule has 0 spiro atoms. The molecular formula is C7H5N5. The van der Waals surface area contributed by atoms with Crippen LogP contribution in [0.2, 0.25) is 0 Å². The molecule has 2 aromatic heterocycles. The van der Waals surface area contributed by atoms with Gasteiger partial charge in [0.2, 0.25) is 5.69 Å². The van der Waals surface area contributed by atoms with Gasteiger partial charge in [-0.3, -0.25) is 0 Å². The van der Waals surface area contributed by atoms with Crippen LogP contribution < -0.4 is 5.73 Å². The van der Waals surface area contributed by atoms with E-state index in [0.717, 1.165) is 0 Å². The van der Waals surface area contributed by atoms with Crippen molar-refractivity contribution < 1.29 is 0 Å². The molecule has 0 unspecified atom stereocenters. The summed E-state index contributed by atoms with van der Waals surface area (Å²) >= 11 is 0. The second-order valence-electron chi connectivity index (χ2n) is 2.29. The van der Waals surface area contributed by atoms with Crippen molar-refractivity contribution in [3.8, 4) is 0 Å². The maximum atomic E-state index is 6.77. The van der Waals surface area contributed by atoms with Crippen LogP contribution in [0.1, 0.15) is 0 Å². The topological polar surface area (TPSA) is 60.6 Å². The van der Waals surface area contributed by atoms with Crippen LogP contribution in [0.15, 0.2) is 18.6 Å². The van der Waals surface area contributed by atoms with Gasteiger partial charge in [-0.15, -0.1) is 0 Å². The number of aromatic nitrogens is 3. The quantitative estimate of drug-likeness (QED) is 0.580. The zero-order valence-electron chi connectivity index (χ0n) is 6.10. The van der Waals surface area contributed by atoms with E-state index >= 15 is 0 Å². The summed E-state index contributed by atoms with van der Waals surface area (Å²) < 4.78 is 1.54. The molecule has 0 atom stereocenters. The van der Waals surface area contributed by atoms with Gasteiger partial charge in [-0.05, 0) is 6.07 Å². The molecule has 2 heterocycles. The number of nitrogens with two attached hydrogens (primary N) is 1. The van der Waals surface area contributed by atoms with Crippen molar-refractivity contribution in [2.75, 3.05) is 5.73 Å². The Balaban J connectivity index is 2.85. The largest absolute Gasteiger partial charge is 0.382 e. The van der Waals surface area contributed by atoms with Crippen LogP contribution in [-0.2, 0) is 0 Å². The SMILES string of the molecule is [C-]#[N+]c1cc2c(N)ncnn2c1. The number of anilines is 1. The maximum absolute atomic E-state index is 6.77. The third kappa shape index (κ3) is 0.787. The highest BCUT2D eigenvalue weighted by atomic mass is 15.2. The molecule has 0 saturated heterocycles. The van der Waals surface area contributed by atoms with Gasteiger partial charge in [0, 0.05) is 6.20 Å². The molecule has 0 bridgehead atoms. The van der Waals surface area contributed by atoms with Crippen LogP contribution in [0.3, 0.4) is 0 Å². The second-order valence-corrected chi connectivity index (χ2v) is 2.29. The summed E-state index contributed by atoms with van der Waals surface area (Å²) in [5.41, 5.74) is 6.74. The van der Waals surface area contributed by atoms with Crippen molar-refractivity contribution in [1.29, 1.82) is 0 Å². The molecule has 0 saturated carbocycles. The van der Waals surface area contributed by atoms with E-state index in [1.165, 1.54) is 10.8 Å². The zero-order chi connectivity index (χ0) is 8.55. The minimum absolute atomic E-state index is 0.389. The number of nitrogens with zero attached hydrogens (tertiary/aromatic N) is 4. The summed E-state index contributed by atoms with van der Waals surface area (Å²) in [4.78, 5) is 7.05. The number of nitrogen functional groups attached to an aromatic ring is 1. The Kier molecular flexibility index (Phi) is 1.21. The van der Waals surface area contributed by atoms with Gasteiger partial charge >= 0.3 is 0 Å². The van der Waals surface area contributed by atoms with E-state index in [-0.39, 0.29) is 0 Å². The third-order valence-corrected chi connectivity index (χ3v) is 1.55. The van der Waals surface area contributed by atoms with E-state index in [2.05, 4.69) is 14.9 Å². The Hall–Kier alpha value is -2.09. The summed E-state index contributed by atoms with van der Waals surface area (Å²) in [5.74, 6) is 0.389. The maximum Gasteiger partial charge on any atom is 0.207 e. The predicted octanol–water partition coefficient (Wildman–Crippen LogP) is 0.862. The first kappa shape index (κ1) is 6.61. The fraction of sp³-hybridized carbons (Fsp3) is 0. The van der Waals surface area contributed by atoms with Crippen molar-refractivity contribution in [3.05, 3.63) is 30.0 Å². The van der Waals surface area contributed by atoms with Gasteiger partial charge in [0.05, 0.1) is 12.1 Å². The molecular weight excluding hydrogens is 154 g/mol. The van der Waals surface area contributed by atoms with Crippen molar-refractivity contribution >= 4 is 17.0 Å². The first-order valence-corrected chi connectivity index (χ1v) is 3.27. The monoisotopic (exact) mass is 159 g/mol. The molecule has 2 aromatic rings. The van der Waals surface area contributed by atoms with Crippen LogP contribution in [-0.4, -0.2) is 14.6 Å². The van der Waals surface area contributed by atoms with Crippen LogP contribution in [0.5, 0.6) is 0 Å². The number of fused-ring (bicyclic) bond motifs is 1. The molecule has 0 radical (unpaired) electrons. The molecule has 2 rings (SSSR count). The Bertz CT molecular complexity index is 464. The van der Waals surface area contributed by atoms with Crippen molar-refractivity contribution in [1.82, 2.24) is 14.6 Å². The van der Waals surface area contributed by atoms with E-state index < -0.39 is 0 Å². The van der Waals surface area contributed by atoms with Gasteiger partial charge in [0.25, 0.3) is 0 Å². The molecule has 5 nitrogen and oxygen atoms in total. The Morgan fingerprint density at radius 2 is 2.42 bits per heavy atom. The van der Waals surface area contributed by atoms with E-state index in [9.17, 15) is 0 Å². The Morgan fingerprint density at radius 3 is 3.08 bits per heavy atom. The van der Waals surface area contributed by atoms with E-state index in [1.54, 1.807) is 12.3 Å². The fourth-order valence-corrected chi connectivity index (χ4v) is 0.996. The number of hydrogen-bond acceptors (Lipinski definition) is 3. The predicted molar refractivity (Wildman–Crippen MR) is 43.7 cm³/mol. The molecule has 0 aromatic carbocycles. The van der Waals surface area contributed by atoms with Crippen molar-refractivity contribution in [3.63, 3.8) is 0 Å². The van der Waals surface area contributed by atoms with Crippen LogP contribution in [0.4, 0.5) is 11.5 Å². The first-order valence-electron chi connectivity index (χ1n) is 3.27. The summed E-state index contributed by atoms with van der Waals surface area (Å²) in [7, 11) is 0.